The average Bonchev–Trinajstić information content (AvgIpc) is 3.40. The maximum atomic E-state index is 2.25. The van der Waals surface area contributed by atoms with Crippen LogP contribution >= 0.6 is 0 Å². The fraction of sp³-hybridized carbons (Fsp3) is 0.0909. The standard InChI is InChI=1S/C22H20/c1-3-7-19(8-4-1)11-13-21(15-16-22-17-18-22)14-12-20-9-5-2-6-10-20/h1-16H,17-18H2. The van der Waals surface area contributed by atoms with E-state index in [1.165, 1.54) is 29.5 Å². The molecule has 0 heteroatoms. The van der Waals surface area contributed by atoms with Crippen molar-refractivity contribution in [2.75, 3.05) is 0 Å². The second-order valence-corrected chi connectivity index (χ2v) is 5.48. The largest absolute Gasteiger partial charge is 0.0696 e. The quantitative estimate of drug-likeness (QED) is 0.585. The fourth-order valence-electron chi connectivity index (χ4n) is 2.13. The lowest BCUT2D eigenvalue weighted by molar-refractivity contribution is 1.50. The highest BCUT2D eigenvalue weighted by atomic mass is 14.1. The molecule has 0 radical (unpaired) electrons. The molecule has 2 aromatic carbocycles. The molecule has 3 rings (SSSR count). The van der Waals surface area contributed by atoms with Crippen LogP contribution in [0.15, 0.2) is 96.1 Å². The van der Waals surface area contributed by atoms with E-state index in [4.69, 9.17) is 0 Å². The van der Waals surface area contributed by atoms with Gasteiger partial charge in [0.25, 0.3) is 0 Å². The second-order valence-electron chi connectivity index (χ2n) is 5.48. The van der Waals surface area contributed by atoms with E-state index in [1.807, 2.05) is 12.1 Å². The van der Waals surface area contributed by atoms with Crippen molar-refractivity contribution < 1.29 is 0 Å². The van der Waals surface area contributed by atoms with Gasteiger partial charge in [0.2, 0.25) is 0 Å². The maximum Gasteiger partial charge on any atom is -0.0256 e. The zero-order valence-electron chi connectivity index (χ0n) is 12.7. The van der Waals surface area contributed by atoms with Gasteiger partial charge in [0.15, 0.2) is 0 Å². The van der Waals surface area contributed by atoms with E-state index >= 15 is 0 Å². The van der Waals surface area contributed by atoms with Crippen molar-refractivity contribution in [1.29, 1.82) is 0 Å². The van der Waals surface area contributed by atoms with Crippen LogP contribution in [0.3, 0.4) is 0 Å². The first kappa shape index (κ1) is 14.3. The summed E-state index contributed by atoms with van der Waals surface area (Å²) in [5.41, 5.74) is 5.20. The van der Waals surface area contributed by atoms with E-state index in [0.717, 1.165) is 0 Å². The number of hydrogen-bond donors (Lipinski definition) is 0. The molecule has 0 bridgehead atoms. The molecule has 1 fully saturated rings. The van der Waals surface area contributed by atoms with Crippen LogP contribution < -0.4 is 0 Å². The molecule has 22 heavy (non-hydrogen) atoms. The number of rotatable bonds is 5. The van der Waals surface area contributed by atoms with E-state index in [9.17, 15) is 0 Å². The van der Waals surface area contributed by atoms with Gasteiger partial charge < -0.3 is 0 Å². The van der Waals surface area contributed by atoms with Crippen LogP contribution in [0.4, 0.5) is 0 Å². The van der Waals surface area contributed by atoms with E-state index in [2.05, 4.69) is 85.0 Å². The summed E-state index contributed by atoms with van der Waals surface area (Å²) in [6.45, 7) is 0. The summed E-state index contributed by atoms with van der Waals surface area (Å²) in [5.74, 6) is 0. The highest BCUT2D eigenvalue weighted by Crippen LogP contribution is 2.27. The van der Waals surface area contributed by atoms with Crippen LogP contribution in [-0.4, -0.2) is 0 Å². The topological polar surface area (TPSA) is 0 Å². The predicted molar refractivity (Wildman–Crippen MR) is 96.4 cm³/mol. The van der Waals surface area contributed by atoms with E-state index in [1.54, 1.807) is 5.57 Å². The van der Waals surface area contributed by atoms with E-state index in [0.29, 0.717) is 0 Å². The predicted octanol–water partition coefficient (Wildman–Crippen LogP) is 6.06. The minimum Gasteiger partial charge on any atom is -0.0696 e. The Kier molecular flexibility index (Phi) is 4.84. The molecule has 2 aromatic rings. The Balaban J connectivity index is 1.78. The van der Waals surface area contributed by atoms with Crippen molar-refractivity contribution in [3.8, 4) is 0 Å². The molecule has 1 saturated carbocycles. The molecule has 0 nitrogen and oxygen atoms in total. The van der Waals surface area contributed by atoms with Crippen LogP contribution in [0.5, 0.6) is 0 Å². The summed E-state index contributed by atoms with van der Waals surface area (Å²) in [7, 11) is 0. The van der Waals surface area contributed by atoms with Crippen molar-refractivity contribution in [1.82, 2.24) is 0 Å². The Morgan fingerprint density at radius 3 is 1.64 bits per heavy atom. The molecule has 108 valence electrons. The van der Waals surface area contributed by atoms with Gasteiger partial charge in [-0.05, 0) is 29.5 Å². The zero-order chi connectivity index (χ0) is 15.0. The van der Waals surface area contributed by atoms with E-state index in [-0.39, 0.29) is 0 Å². The summed E-state index contributed by atoms with van der Waals surface area (Å²) in [5, 5.41) is 0. The lowest BCUT2D eigenvalue weighted by atomic mass is 10.1. The molecular formula is C22H20. The van der Waals surface area contributed by atoms with Gasteiger partial charge in [-0.1, -0.05) is 103 Å². The van der Waals surface area contributed by atoms with Gasteiger partial charge >= 0.3 is 0 Å². The van der Waals surface area contributed by atoms with Crippen molar-refractivity contribution in [3.63, 3.8) is 0 Å². The smallest absolute Gasteiger partial charge is 0.0256 e. The minimum atomic E-state index is 1.21. The first-order valence-corrected chi connectivity index (χ1v) is 7.76. The minimum absolute atomic E-state index is 1.21. The number of hydrogen-bond acceptors (Lipinski definition) is 0. The highest BCUT2D eigenvalue weighted by molar-refractivity contribution is 5.60. The van der Waals surface area contributed by atoms with Crippen LogP contribution in [-0.2, 0) is 0 Å². The summed E-state index contributed by atoms with van der Waals surface area (Å²) >= 11 is 0. The lowest BCUT2D eigenvalue weighted by Gasteiger charge is -1.96. The molecule has 0 heterocycles. The first-order valence-electron chi connectivity index (χ1n) is 7.76. The Morgan fingerprint density at radius 1 is 0.682 bits per heavy atom. The SMILES string of the molecule is C(=Cc1ccccc1)C(C=Cc1ccccc1)=CC=C1CC1. The molecule has 1 aliphatic carbocycles. The fourth-order valence-corrected chi connectivity index (χ4v) is 2.13. The van der Waals surface area contributed by atoms with Crippen molar-refractivity contribution in [3.05, 3.63) is 107 Å². The lowest BCUT2D eigenvalue weighted by Crippen LogP contribution is -1.74. The second kappa shape index (κ2) is 7.42. The number of allylic oxidation sites excluding steroid dienone is 6. The molecule has 0 unspecified atom stereocenters. The first-order chi connectivity index (χ1) is 10.9. The summed E-state index contributed by atoms with van der Waals surface area (Å²) in [4.78, 5) is 0. The highest BCUT2D eigenvalue weighted by Gasteiger charge is 2.08. The summed E-state index contributed by atoms with van der Waals surface area (Å²) in [6, 6.07) is 20.8. The molecule has 0 N–H and O–H groups in total. The van der Waals surface area contributed by atoms with Crippen LogP contribution in [0.1, 0.15) is 24.0 Å². The molecule has 0 amide bonds. The van der Waals surface area contributed by atoms with Gasteiger partial charge in [0, 0.05) is 0 Å². The van der Waals surface area contributed by atoms with Gasteiger partial charge in [-0.15, -0.1) is 0 Å². The van der Waals surface area contributed by atoms with Gasteiger partial charge in [0.1, 0.15) is 0 Å². The van der Waals surface area contributed by atoms with Crippen LogP contribution in [0.25, 0.3) is 12.2 Å². The van der Waals surface area contributed by atoms with Crippen molar-refractivity contribution in [2.45, 2.75) is 12.8 Å². The van der Waals surface area contributed by atoms with Crippen molar-refractivity contribution in [2.24, 2.45) is 0 Å². The molecule has 1 aliphatic rings. The third-order valence-corrected chi connectivity index (χ3v) is 3.59. The molecule has 0 spiro atoms. The van der Waals surface area contributed by atoms with Gasteiger partial charge in [0.05, 0.1) is 0 Å². The molecule has 0 aliphatic heterocycles. The molecular weight excluding hydrogens is 264 g/mol. The Labute approximate surface area is 132 Å². The molecule has 0 aromatic heterocycles. The Hall–Kier alpha value is -2.60. The Bertz CT molecular complexity index is 656. The maximum absolute atomic E-state index is 2.25. The van der Waals surface area contributed by atoms with Crippen molar-refractivity contribution >= 4 is 12.2 Å². The van der Waals surface area contributed by atoms with Gasteiger partial charge in [-0.3, -0.25) is 0 Å². The zero-order valence-corrected chi connectivity index (χ0v) is 12.7. The van der Waals surface area contributed by atoms with Crippen LogP contribution in [0, 0.1) is 0 Å². The molecule has 0 atom stereocenters. The summed E-state index contributed by atoms with van der Waals surface area (Å²) < 4.78 is 0. The van der Waals surface area contributed by atoms with Gasteiger partial charge in [-0.2, -0.15) is 0 Å². The normalized spacial score (nSPS) is 13.5. The van der Waals surface area contributed by atoms with Gasteiger partial charge in [-0.25, -0.2) is 0 Å². The van der Waals surface area contributed by atoms with E-state index < -0.39 is 0 Å². The summed E-state index contributed by atoms with van der Waals surface area (Å²) in [6.07, 6.45) is 15.6. The van der Waals surface area contributed by atoms with Crippen LogP contribution in [0.2, 0.25) is 0 Å². The monoisotopic (exact) mass is 284 g/mol. The Morgan fingerprint density at radius 2 is 1.18 bits per heavy atom. The third-order valence-electron chi connectivity index (χ3n) is 3.59. The average molecular weight is 284 g/mol. The third kappa shape index (κ3) is 4.75. The molecule has 0 saturated heterocycles. The number of benzene rings is 2.